The molecule has 0 unspecified atom stereocenters. The molecule has 144 valence electrons. The van der Waals surface area contributed by atoms with Crippen LogP contribution in [0.5, 0.6) is 5.75 Å². The highest BCUT2D eigenvalue weighted by Crippen LogP contribution is 2.28. The molecule has 3 rings (SSSR count). The summed E-state index contributed by atoms with van der Waals surface area (Å²) in [5.74, 6) is -0.0397. The molecule has 0 fully saturated rings. The quantitative estimate of drug-likeness (QED) is 0.478. The number of carbonyl (C=O) groups excluding carboxylic acids is 1. The van der Waals surface area contributed by atoms with Gasteiger partial charge in [0.1, 0.15) is 5.75 Å². The molecule has 3 nitrogen and oxygen atoms in total. The molecule has 2 aromatic carbocycles. The number of ether oxygens (including phenoxy) is 1. The van der Waals surface area contributed by atoms with E-state index in [0.717, 1.165) is 20.9 Å². The Labute approximate surface area is 166 Å². The third kappa shape index (κ3) is 5.50. The van der Waals surface area contributed by atoms with Crippen LogP contribution in [-0.2, 0) is 11.3 Å². The molecular weight excluding hydrogens is 380 g/mol. The van der Waals surface area contributed by atoms with E-state index >= 15 is 0 Å². The number of halogens is 2. The zero-order chi connectivity index (χ0) is 19.9. The van der Waals surface area contributed by atoms with E-state index in [-0.39, 0.29) is 11.7 Å². The first-order valence-corrected chi connectivity index (χ1v) is 9.45. The van der Waals surface area contributed by atoms with Crippen LogP contribution in [0.2, 0.25) is 0 Å². The van der Waals surface area contributed by atoms with E-state index in [4.69, 9.17) is 0 Å². The van der Waals surface area contributed by atoms with Gasteiger partial charge < -0.3 is 9.64 Å². The monoisotopic (exact) mass is 399 g/mol. The van der Waals surface area contributed by atoms with Crippen LogP contribution in [-0.4, -0.2) is 24.5 Å². The fraction of sp³-hybridized carbons (Fsp3) is 0.136. The molecule has 3 aromatic rings. The van der Waals surface area contributed by atoms with Crippen LogP contribution in [0, 0.1) is 0 Å². The van der Waals surface area contributed by atoms with Gasteiger partial charge in [-0.1, -0.05) is 42.5 Å². The molecule has 0 aliphatic heterocycles. The summed E-state index contributed by atoms with van der Waals surface area (Å²) in [6, 6.07) is 20.4. The topological polar surface area (TPSA) is 29.5 Å². The van der Waals surface area contributed by atoms with Crippen molar-refractivity contribution < 1.29 is 18.3 Å². The maximum absolute atomic E-state index is 12.3. The van der Waals surface area contributed by atoms with Gasteiger partial charge >= 0.3 is 6.61 Å². The van der Waals surface area contributed by atoms with E-state index < -0.39 is 6.61 Å². The van der Waals surface area contributed by atoms with Crippen molar-refractivity contribution in [2.75, 3.05) is 7.05 Å². The number of hydrogen-bond donors (Lipinski definition) is 0. The Bertz CT molecular complexity index is 937. The van der Waals surface area contributed by atoms with Crippen LogP contribution in [0.25, 0.3) is 16.5 Å². The van der Waals surface area contributed by atoms with E-state index in [1.54, 1.807) is 41.5 Å². The Kier molecular flexibility index (Phi) is 6.55. The Balaban J connectivity index is 1.57. The van der Waals surface area contributed by atoms with Crippen LogP contribution in [0.3, 0.4) is 0 Å². The van der Waals surface area contributed by atoms with Crippen molar-refractivity contribution >= 4 is 23.3 Å². The molecule has 0 spiro atoms. The summed E-state index contributed by atoms with van der Waals surface area (Å²) in [4.78, 5) is 16.0. The number of likely N-dealkylation sites (N-methyl/N-ethyl adjacent to an activating group) is 1. The number of nitrogens with zero attached hydrogens (tertiary/aromatic N) is 1. The molecule has 28 heavy (non-hydrogen) atoms. The largest absolute Gasteiger partial charge is 0.435 e. The summed E-state index contributed by atoms with van der Waals surface area (Å²) in [7, 11) is 1.69. The molecule has 1 amide bonds. The van der Waals surface area contributed by atoms with E-state index in [0.29, 0.717) is 6.54 Å². The van der Waals surface area contributed by atoms with Gasteiger partial charge in [-0.2, -0.15) is 8.78 Å². The Morgan fingerprint density at radius 2 is 1.79 bits per heavy atom. The van der Waals surface area contributed by atoms with Crippen molar-refractivity contribution in [1.82, 2.24) is 4.90 Å². The summed E-state index contributed by atoms with van der Waals surface area (Å²) < 4.78 is 28.7. The van der Waals surface area contributed by atoms with Crippen molar-refractivity contribution in [2.24, 2.45) is 0 Å². The summed E-state index contributed by atoms with van der Waals surface area (Å²) in [5.41, 5.74) is 1.98. The lowest BCUT2D eigenvalue weighted by atomic mass is 10.2. The molecule has 0 aliphatic rings. The second kappa shape index (κ2) is 9.28. The van der Waals surface area contributed by atoms with Crippen molar-refractivity contribution in [3.05, 3.63) is 83.2 Å². The van der Waals surface area contributed by atoms with Gasteiger partial charge in [0.2, 0.25) is 5.91 Å². The van der Waals surface area contributed by atoms with Crippen LogP contribution in [0.4, 0.5) is 8.78 Å². The minimum Gasteiger partial charge on any atom is -0.435 e. The Morgan fingerprint density at radius 3 is 2.46 bits per heavy atom. The number of alkyl halides is 2. The predicted molar refractivity (Wildman–Crippen MR) is 108 cm³/mol. The van der Waals surface area contributed by atoms with E-state index in [1.807, 2.05) is 30.3 Å². The van der Waals surface area contributed by atoms with Crippen LogP contribution < -0.4 is 4.74 Å². The first kappa shape index (κ1) is 19.8. The molecule has 1 aromatic heterocycles. The smallest absolute Gasteiger partial charge is 0.387 e. The molecule has 0 saturated carbocycles. The summed E-state index contributed by atoms with van der Waals surface area (Å²) in [6.07, 6.45) is 3.34. The van der Waals surface area contributed by atoms with Crippen LogP contribution in [0.15, 0.2) is 72.8 Å². The summed E-state index contributed by atoms with van der Waals surface area (Å²) >= 11 is 1.62. The Hall–Kier alpha value is -2.99. The van der Waals surface area contributed by atoms with Gasteiger partial charge in [-0.05, 0) is 41.5 Å². The Morgan fingerprint density at radius 1 is 1.07 bits per heavy atom. The maximum Gasteiger partial charge on any atom is 0.387 e. The van der Waals surface area contributed by atoms with E-state index in [1.165, 1.54) is 18.2 Å². The predicted octanol–water partition coefficient (Wildman–Crippen LogP) is 5.69. The third-order valence-electron chi connectivity index (χ3n) is 4.02. The summed E-state index contributed by atoms with van der Waals surface area (Å²) in [6.45, 7) is -2.47. The van der Waals surface area contributed by atoms with Crippen molar-refractivity contribution in [1.29, 1.82) is 0 Å². The van der Waals surface area contributed by atoms with Gasteiger partial charge in [0, 0.05) is 29.4 Å². The molecule has 1 heterocycles. The molecule has 0 saturated heterocycles. The first-order valence-electron chi connectivity index (χ1n) is 8.63. The SMILES string of the molecule is CN(Cc1ccc(OC(F)F)cc1)C(=O)C=Cc1ccc(-c2ccccc2)s1. The fourth-order valence-electron chi connectivity index (χ4n) is 2.61. The lowest BCUT2D eigenvalue weighted by molar-refractivity contribution is -0.125. The average Bonchev–Trinajstić information content (AvgIpc) is 3.17. The standard InChI is InChI=1S/C22H19F2NO2S/c1-25(15-16-7-9-18(10-8-16)27-22(23)24)21(26)14-12-19-11-13-20(28-19)17-5-3-2-4-6-17/h2-14,22H,15H2,1H3. The summed E-state index contributed by atoms with van der Waals surface area (Å²) in [5, 5.41) is 0. The molecule has 0 radical (unpaired) electrons. The molecule has 0 aliphatic carbocycles. The van der Waals surface area contributed by atoms with Crippen molar-refractivity contribution in [2.45, 2.75) is 13.2 Å². The fourth-order valence-corrected chi connectivity index (χ4v) is 3.52. The first-order chi connectivity index (χ1) is 13.5. The second-order valence-corrected chi connectivity index (χ2v) is 7.23. The van der Waals surface area contributed by atoms with Gasteiger partial charge in [0.15, 0.2) is 0 Å². The lowest BCUT2D eigenvalue weighted by Crippen LogP contribution is -2.24. The highest BCUT2D eigenvalue weighted by molar-refractivity contribution is 7.16. The zero-order valence-corrected chi connectivity index (χ0v) is 16.0. The van der Waals surface area contributed by atoms with Crippen LogP contribution in [0.1, 0.15) is 10.4 Å². The highest BCUT2D eigenvalue weighted by atomic mass is 32.1. The van der Waals surface area contributed by atoms with Gasteiger partial charge in [-0.15, -0.1) is 11.3 Å². The molecule has 0 N–H and O–H groups in total. The van der Waals surface area contributed by atoms with Gasteiger partial charge in [-0.25, -0.2) is 0 Å². The van der Waals surface area contributed by atoms with E-state index in [2.05, 4.69) is 16.9 Å². The van der Waals surface area contributed by atoms with Gasteiger partial charge in [0.25, 0.3) is 0 Å². The average molecular weight is 399 g/mol. The number of rotatable bonds is 7. The molecule has 0 bridgehead atoms. The van der Waals surface area contributed by atoms with Crippen LogP contribution >= 0.6 is 11.3 Å². The number of carbonyl (C=O) groups is 1. The third-order valence-corrected chi connectivity index (χ3v) is 5.12. The lowest BCUT2D eigenvalue weighted by Gasteiger charge is -2.15. The normalized spacial score (nSPS) is 11.1. The molecule has 6 heteroatoms. The van der Waals surface area contributed by atoms with Crippen molar-refractivity contribution in [3.63, 3.8) is 0 Å². The number of thiophene rings is 1. The highest BCUT2D eigenvalue weighted by Gasteiger charge is 2.08. The number of benzene rings is 2. The molecule has 0 atom stereocenters. The second-order valence-electron chi connectivity index (χ2n) is 6.12. The minimum atomic E-state index is -2.85. The molecular formula is C22H19F2NO2S. The van der Waals surface area contributed by atoms with Gasteiger partial charge in [-0.3, -0.25) is 4.79 Å². The van der Waals surface area contributed by atoms with Gasteiger partial charge in [0.05, 0.1) is 0 Å². The number of amides is 1. The van der Waals surface area contributed by atoms with Crippen molar-refractivity contribution in [3.8, 4) is 16.2 Å². The minimum absolute atomic E-state index is 0.0968. The zero-order valence-electron chi connectivity index (χ0n) is 15.2. The number of hydrogen-bond acceptors (Lipinski definition) is 3. The van der Waals surface area contributed by atoms with E-state index in [9.17, 15) is 13.6 Å². The maximum atomic E-state index is 12.3.